The number of aryl methyl sites for hydroxylation is 1. The lowest BCUT2D eigenvalue weighted by Gasteiger charge is -2.19. The Balaban J connectivity index is 1.44. The summed E-state index contributed by atoms with van der Waals surface area (Å²) in [5.41, 5.74) is 7.59. The van der Waals surface area contributed by atoms with Crippen LogP contribution in [-0.2, 0) is 12.0 Å². The molecule has 0 amide bonds. The third-order valence-corrected chi connectivity index (χ3v) is 6.51. The number of hydrogen-bond donors (Lipinski definition) is 1. The molecule has 0 saturated heterocycles. The van der Waals surface area contributed by atoms with Crippen LogP contribution in [0, 0.1) is 13.8 Å². The van der Waals surface area contributed by atoms with Gasteiger partial charge in [-0.2, -0.15) is 5.10 Å². The summed E-state index contributed by atoms with van der Waals surface area (Å²) in [6.07, 6.45) is 5.71. The Labute approximate surface area is 192 Å². The van der Waals surface area contributed by atoms with E-state index in [1.54, 1.807) is 7.11 Å². The molecule has 0 fully saturated rings. The lowest BCUT2D eigenvalue weighted by molar-refractivity contribution is 0.414. The molecule has 1 N–H and O–H groups in total. The average Bonchev–Trinajstić information content (AvgIpc) is 3.35. The van der Waals surface area contributed by atoms with E-state index in [9.17, 15) is 0 Å². The van der Waals surface area contributed by atoms with E-state index in [2.05, 4.69) is 93.2 Å². The van der Waals surface area contributed by atoms with Crippen molar-refractivity contribution in [2.24, 2.45) is 0 Å². The molecule has 168 valence electrons. The van der Waals surface area contributed by atoms with Crippen LogP contribution in [0.5, 0.6) is 5.75 Å². The number of ether oxygens (including phenoxy) is 1. The van der Waals surface area contributed by atoms with Gasteiger partial charge in [0.1, 0.15) is 5.75 Å². The second kappa shape index (κ2) is 8.95. The third-order valence-electron chi connectivity index (χ3n) is 6.51. The minimum absolute atomic E-state index is 0.154. The Bertz CT molecular complexity index is 1090. The standard InChI is InChI=1S/C28H35N3O/c1-19-27(20(2)31(30-19)25-13-10-23(11-14-25)28(3,4)5)22-9-12-24(17-22)29-18-21-7-15-26(32-6)16-8-21/h7-16,22,24,29H,17-18H2,1-6H3/t22-,24+/m0/s1. The first-order valence-corrected chi connectivity index (χ1v) is 11.5. The molecule has 0 bridgehead atoms. The summed E-state index contributed by atoms with van der Waals surface area (Å²) in [7, 11) is 1.70. The van der Waals surface area contributed by atoms with Crippen molar-refractivity contribution in [3.8, 4) is 11.4 Å². The molecule has 0 radical (unpaired) electrons. The number of benzene rings is 2. The molecular formula is C28H35N3O. The Morgan fingerprint density at radius 1 is 1.00 bits per heavy atom. The van der Waals surface area contributed by atoms with E-state index >= 15 is 0 Å². The second-order valence-corrected chi connectivity index (χ2v) is 9.86. The summed E-state index contributed by atoms with van der Waals surface area (Å²) < 4.78 is 7.35. The van der Waals surface area contributed by atoms with Gasteiger partial charge in [0.25, 0.3) is 0 Å². The SMILES string of the molecule is COc1ccc(CN[C@@H]2C=C[C@H](c3c(C)nn(-c4ccc(C(C)(C)C)cc4)c3C)C2)cc1. The first-order chi connectivity index (χ1) is 15.3. The molecule has 4 heteroatoms. The normalized spacial score (nSPS) is 18.3. The van der Waals surface area contributed by atoms with Crippen LogP contribution in [0.4, 0.5) is 0 Å². The van der Waals surface area contributed by atoms with Crippen molar-refractivity contribution < 1.29 is 4.74 Å². The van der Waals surface area contributed by atoms with Crippen LogP contribution in [0.25, 0.3) is 5.69 Å². The zero-order valence-corrected chi connectivity index (χ0v) is 20.1. The summed E-state index contributed by atoms with van der Waals surface area (Å²) >= 11 is 0. The zero-order valence-electron chi connectivity index (χ0n) is 20.1. The minimum atomic E-state index is 0.154. The highest BCUT2D eigenvalue weighted by molar-refractivity contribution is 5.43. The molecule has 32 heavy (non-hydrogen) atoms. The molecule has 0 aliphatic heterocycles. The number of aromatic nitrogens is 2. The van der Waals surface area contributed by atoms with Crippen molar-refractivity contribution in [1.82, 2.24) is 15.1 Å². The smallest absolute Gasteiger partial charge is 0.118 e. The average molecular weight is 430 g/mol. The van der Waals surface area contributed by atoms with Gasteiger partial charge in [0, 0.05) is 29.8 Å². The van der Waals surface area contributed by atoms with Gasteiger partial charge in [0.15, 0.2) is 0 Å². The molecule has 1 aliphatic carbocycles. The predicted molar refractivity (Wildman–Crippen MR) is 132 cm³/mol. The largest absolute Gasteiger partial charge is 0.497 e. The molecule has 3 aromatic rings. The fourth-order valence-electron chi connectivity index (χ4n) is 4.60. The molecule has 2 aromatic carbocycles. The lowest BCUT2D eigenvalue weighted by atomic mass is 9.87. The van der Waals surface area contributed by atoms with E-state index in [1.807, 2.05) is 12.1 Å². The maximum Gasteiger partial charge on any atom is 0.118 e. The van der Waals surface area contributed by atoms with Gasteiger partial charge in [-0.25, -0.2) is 4.68 Å². The Hall–Kier alpha value is -2.85. The molecule has 1 heterocycles. The van der Waals surface area contributed by atoms with Gasteiger partial charge >= 0.3 is 0 Å². The van der Waals surface area contributed by atoms with Gasteiger partial charge in [0.05, 0.1) is 18.5 Å². The van der Waals surface area contributed by atoms with E-state index < -0.39 is 0 Å². The van der Waals surface area contributed by atoms with Crippen LogP contribution in [0.2, 0.25) is 0 Å². The molecule has 4 nitrogen and oxygen atoms in total. The summed E-state index contributed by atoms with van der Waals surface area (Å²) in [5.74, 6) is 1.29. The van der Waals surface area contributed by atoms with E-state index in [0.717, 1.165) is 30.1 Å². The second-order valence-electron chi connectivity index (χ2n) is 9.86. The summed E-state index contributed by atoms with van der Waals surface area (Å²) in [6.45, 7) is 11.9. The van der Waals surface area contributed by atoms with E-state index in [4.69, 9.17) is 9.84 Å². The number of allylic oxidation sites excluding steroid dienone is 1. The zero-order chi connectivity index (χ0) is 22.9. The van der Waals surface area contributed by atoms with Crippen LogP contribution in [0.3, 0.4) is 0 Å². The van der Waals surface area contributed by atoms with Crippen LogP contribution >= 0.6 is 0 Å². The quantitative estimate of drug-likeness (QED) is 0.489. The number of methoxy groups -OCH3 is 1. The molecule has 4 rings (SSSR count). The van der Waals surface area contributed by atoms with Gasteiger partial charge in [-0.1, -0.05) is 57.2 Å². The first kappa shape index (κ1) is 22.3. The minimum Gasteiger partial charge on any atom is -0.497 e. The first-order valence-electron chi connectivity index (χ1n) is 11.5. The van der Waals surface area contributed by atoms with Gasteiger partial charge < -0.3 is 10.1 Å². The molecular weight excluding hydrogens is 394 g/mol. The molecule has 0 spiro atoms. The topological polar surface area (TPSA) is 39.1 Å². The van der Waals surface area contributed by atoms with Crippen LogP contribution in [0.1, 0.15) is 61.2 Å². The Kier molecular flexibility index (Phi) is 6.25. The van der Waals surface area contributed by atoms with E-state index in [-0.39, 0.29) is 5.41 Å². The molecule has 0 unspecified atom stereocenters. The van der Waals surface area contributed by atoms with Gasteiger partial charge in [0.2, 0.25) is 0 Å². The number of rotatable bonds is 6. The molecule has 2 atom stereocenters. The van der Waals surface area contributed by atoms with Gasteiger partial charge in [-0.05, 0) is 61.1 Å². The molecule has 0 saturated carbocycles. The van der Waals surface area contributed by atoms with E-state index in [1.165, 1.54) is 22.4 Å². The number of nitrogens with zero attached hydrogens (tertiary/aromatic N) is 2. The number of nitrogens with one attached hydrogen (secondary N) is 1. The lowest BCUT2D eigenvalue weighted by Crippen LogP contribution is -2.25. The predicted octanol–water partition coefficient (Wildman–Crippen LogP) is 6.00. The van der Waals surface area contributed by atoms with Crippen molar-refractivity contribution in [3.05, 3.63) is 88.8 Å². The van der Waals surface area contributed by atoms with E-state index in [0.29, 0.717) is 12.0 Å². The highest BCUT2D eigenvalue weighted by atomic mass is 16.5. The van der Waals surface area contributed by atoms with Crippen molar-refractivity contribution in [3.63, 3.8) is 0 Å². The fraction of sp³-hybridized carbons (Fsp3) is 0.393. The van der Waals surface area contributed by atoms with Crippen LogP contribution in [0.15, 0.2) is 60.7 Å². The highest BCUT2D eigenvalue weighted by Gasteiger charge is 2.26. The van der Waals surface area contributed by atoms with Gasteiger partial charge in [-0.15, -0.1) is 0 Å². The summed E-state index contributed by atoms with van der Waals surface area (Å²) in [4.78, 5) is 0. The van der Waals surface area contributed by atoms with Crippen molar-refractivity contribution in [2.45, 2.75) is 65.0 Å². The molecule has 1 aromatic heterocycles. The van der Waals surface area contributed by atoms with Crippen LogP contribution in [-0.4, -0.2) is 22.9 Å². The number of hydrogen-bond acceptors (Lipinski definition) is 3. The van der Waals surface area contributed by atoms with Crippen molar-refractivity contribution >= 4 is 0 Å². The maximum atomic E-state index is 5.25. The maximum absolute atomic E-state index is 5.25. The third kappa shape index (κ3) is 4.66. The highest BCUT2D eigenvalue weighted by Crippen LogP contribution is 2.34. The summed E-state index contributed by atoms with van der Waals surface area (Å²) in [5, 5.41) is 8.58. The van der Waals surface area contributed by atoms with Gasteiger partial charge in [-0.3, -0.25) is 0 Å². The Morgan fingerprint density at radius 3 is 2.31 bits per heavy atom. The van der Waals surface area contributed by atoms with Crippen molar-refractivity contribution in [1.29, 1.82) is 0 Å². The van der Waals surface area contributed by atoms with Crippen molar-refractivity contribution in [2.75, 3.05) is 7.11 Å². The molecule has 1 aliphatic rings. The summed E-state index contributed by atoms with van der Waals surface area (Å²) in [6, 6.07) is 17.5. The fourth-order valence-corrected chi connectivity index (χ4v) is 4.60. The Morgan fingerprint density at radius 2 is 1.69 bits per heavy atom. The van der Waals surface area contributed by atoms with Crippen LogP contribution < -0.4 is 10.1 Å². The monoisotopic (exact) mass is 429 g/mol.